The van der Waals surface area contributed by atoms with Gasteiger partial charge in [0.2, 0.25) is 0 Å². The molecule has 0 spiro atoms. The Hall–Kier alpha value is -0.840. The molecule has 3 nitrogen and oxygen atoms in total. The van der Waals surface area contributed by atoms with Gasteiger partial charge in [-0.1, -0.05) is 30.3 Å². The molecule has 13 heavy (non-hydrogen) atoms. The molecule has 0 radical (unpaired) electrons. The molecular weight excluding hydrogens is 212 g/mol. The van der Waals surface area contributed by atoms with E-state index in [0.717, 1.165) is 0 Å². The third kappa shape index (κ3) is 2.30. The van der Waals surface area contributed by atoms with Gasteiger partial charge in [0.05, 0.1) is 0 Å². The van der Waals surface area contributed by atoms with Crippen LogP contribution >= 0.6 is 11.6 Å². The molecule has 1 aromatic rings. The van der Waals surface area contributed by atoms with Crippen LogP contribution in [-0.2, 0) is 10.1 Å². The normalized spacial score (nSPS) is 11.2. The number of hydrogen-bond acceptors (Lipinski definition) is 2. The first kappa shape index (κ1) is 10.2. The van der Waals surface area contributed by atoms with Gasteiger partial charge in [-0.3, -0.25) is 4.55 Å². The van der Waals surface area contributed by atoms with Crippen molar-refractivity contribution < 1.29 is 13.0 Å². The van der Waals surface area contributed by atoms with E-state index < -0.39 is 10.1 Å². The fourth-order valence-electron chi connectivity index (χ4n) is 0.900. The summed E-state index contributed by atoms with van der Waals surface area (Å²) in [5, 5.41) is 0.248. The largest absolute Gasteiger partial charge is 0.295 e. The summed E-state index contributed by atoms with van der Waals surface area (Å²) < 4.78 is 30.4. The zero-order valence-electron chi connectivity index (χ0n) is 6.57. The van der Waals surface area contributed by atoms with Crippen molar-refractivity contribution in [2.75, 3.05) is 0 Å². The van der Waals surface area contributed by atoms with E-state index in [1.807, 2.05) is 0 Å². The van der Waals surface area contributed by atoms with Crippen LogP contribution in [0.15, 0.2) is 29.7 Å². The minimum absolute atomic E-state index is 0.227. The van der Waals surface area contributed by atoms with Crippen molar-refractivity contribution in [2.45, 2.75) is 4.90 Å². The lowest BCUT2D eigenvalue weighted by Gasteiger charge is -2.02. The molecule has 0 saturated carbocycles. The number of halogens is 1. The maximum atomic E-state index is 10.8. The zero-order chi connectivity index (χ0) is 10.1. The molecule has 0 bridgehead atoms. The van der Waals surface area contributed by atoms with Crippen LogP contribution in [0.3, 0.4) is 0 Å². The summed E-state index contributed by atoms with van der Waals surface area (Å²) in [7, 11) is -4.22. The van der Waals surface area contributed by atoms with Crippen molar-refractivity contribution in [3.8, 4) is 0 Å². The SMILES string of the molecule is C=Cc1ccc(Cl)cc1S(=O)(=O)O. The maximum absolute atomic E-state index is 10.8. The van der Waals surface area contributed by atoms with Crippen molar-refractivity contribution in [3.63, 3.8) is 0 Å². The van der Waals surface area contributed by atoms with Crippen molar-refractivity contribution in [3.05, 3.63) is 35.4 Å². The van der Waals surface area contributed by atoms with E-state index in [1.54, 1.807) is 0 Å². The number of hydrogen-bond donors (Lipinski definition) is 1. The lowest BCUT2D eigenvalue weighted by Crippen LogP contribution is -2.00. The van der Waals surface area contributed by atoms with Crippen LogP contribution in [0.25, 0.3) is 6.08 Å². The third-order valence-corrected chi connectivity index (χ3v) is 2.62. The van der Waals surface area contributed by atoms with Gasteiger partial charge >= 0.3 is 0 Å². The second-order valence-corrected chi connectivity index (χ2v) is 4.19. The van der Waals surface area contributed by atoms with Gasteiger partial charge in [0.15, 0.2) is 0 Å². The Morgan fingerprint density at radius 2 is 2.08 bits per heavy atom. The molecule has 0 aliphatic carbocycles. The van der Waals surface area contributed by atoms with Gasteiger partial charge in [-0.25, -0.2) is 0 Å². The Morgan fingerprint density at radius 3 is 2.54 bits per heavy atom. The Morgan fingerprint density at radius 1 is 1.46 bits per heavy atom. The van der Waals surface area contributed by atoms with Gasteiger partial charge in [0, 0.05) is 5.02 Å². The first-order valence-electron chi connectivity index (χ1n) is 3.34. The van der Waals surface area contributed by atoms with E-state index in [2.05, 4.69) is 6.58 Å². The number of rotatable bonds is 2. The molecule has 0 heterocycles. The van der Waals surface area contributed by atoms with Crippen LogP contribution < -0.4 is 0 Å². The molecule has 0 fully saturated rings. The van der Waals surface area contributed by atoms with Crippen LogP contribution in [0.5, 0.6) is 0 Å². The zero-order valence-corrected chi connectivity index (χ0v) is 8.14. The Bertz CT molecular complexity index is 437. The highest BCUT2D eigenvalue weighted by Gasteiger charge is 2.13. The van der Waals surface area contributed by atoms with E-state index in [1.165, 1.54) is 24.3 Å². The molecule has 0 aromatic heterocycles. The molecule has 0 amide bonds. The van der Waals surface area contributed by atoms with Crippen molar-refractivity contribution in [2.24, 2.45) is 0 Å². The monoisotopic (exact) mass is 218 g/mol. The molecular formula is C8H7ClO3S. The predicted octanol–water partition coefficient (Wildman–Crippen LogP) is 2.23. The highest BCUT2D eigenvalue weighted by atomic mass is 35.5. The Kier molecular flexibility index (Phi) is 2.75. The van der Waals surface area contributed by atoms with Crippen LogP contribution in [-0.4, -0.2) is 13.0 Å². The first-order chi connectivity index (χ1) is 5.95. The molecule has 5 heteroatoms. The van der Waals surface area contributed by atoms with Gasteiger partial charge < -0.3 is 0 Å². The average Bonchev–Trinajstić information content (AvgIpc) is 2.03. The summed E-state index contributed by atoms with van der Waals surface area (Å²) in [5.74, 6) is 0. The molecule has 0 saturated heterocycles. The van der Waals surface area contributed by atoms with Crippen molar-refractivity contribution >= 4 is 27.8 Å². The van der Waals surface area contributed by atoms with Gasteiger partial charge in [-0.15, -0.1) is 0 Å². The second-order valence-electron chi connectivity index (χ2n) is 2.36. The minimum atomic E-state index is -4.22. The standard InChI is InChI=1S/C8H7ClO3S/c1-2-6-3-4-7(9)5-8(6)13(10,11)12/h2-5H,1H2,(H,10,11,12). The fraction of sp³-hybridized carbons (Fsp3) is 0. The van der Waals surface area contributed by atoms with Gasteiger partial charge in [-0.2, -0.15) is 8.42 Å². The summed E-state index contributed by atoms with van der Waals surface area (Å²) in [6.07, 6.45) is 1.33. The summed E-state index contributed by atoms with van der Waals surface area (Å²) >= 11 is 5.57. The highest BCUT2D eigenvalue weighted by Crippen LogP contribution is 2.21. The number of benzene rings is 1. The van der Waals surface area contributed by atoms with Crippen molar-refractivity contribution in [1.82, 2.24) is 0 Å². The van der Waals surface area contributed by atoms with E-state index in [0.29, 0.717) is 5.56 Å². The second kappa shape index (κ2) is 3.49. The van der Waals surface area contributed by atoms with Crippen LogP contribution in [0.1, 0.15) is 5.56 Å². The van der Waals surface area contributed by atoms with Crippen molar-refractivity contribution in [1.29, 1.82) is 0 Å². The maximum Gasteiger partial charge on any atom is 0.295 e. The quantitative estimate of drug-likeness (QED) is 0.775. The molecule has 1 rings (SSSR count). The molecule has 70 valence electrons. The third-order valence-electron chi connectivity index (χ3n) is 1.47. The van der Waals surface area contributed by atoms with E-state index >= 15 is 0 Å². The smallest absolute Gasteiger partial charge is 0.282 e. The van der Waals surface area contributed by atoms with Gasteiger partial charge in [0.1, 0.15) is 4.90 Å². The minimum Gasteiger partial charge on any atom is -0.282 e. The Labute approximate surface area is 81.4 Å². The summed E-state index contributed by atoms with van der Waals surface area (Å²) in [5.41, 5.74) is 0.326. The van der Waals surface area contributed by atoms with Crippen LogP contribution in [0.2, 0.25) is 5.02 Å². The van der Waals surface area contributed by atoms with Gasteiger partial charge in [-0.05, 0) is 17.7 Å². The average molecular weight is 219 g/mol. The van der Waals surface area contributed by atoms with Crippen LogP contribution in [0.4, 0.5) is 0 Å². The fourth-order valence-corrected chi connectivity index (χ4v) is 1.86. The topological polar surface area (TPSA) is 54.4 Å². The molecule has 1 aromatic carbocycles. The highest BCUT2D eigenvalue weighted by molar-refractivity contribution is 7.86. The summed E-state index contributed by atoms with van der Waals surface area (Å²) in [4.78, 5) is -0.227. The van der Waals surface area contributed by atoms with Gasteiger partial charge in [0.25, 0.3) is 10.1 Å². The lowest BCUT2D eigenvalue weighted by molar-refractivity contribution is 0.483. The van der Waals surface area contributed by atoms with E-state index in [9.17, 15) is 8.42 Å². The molecule has 0 atom stereocenters. The molecule has 0 unspecified atom stereocenters. The summed E-state index contributed by atoms with van der Waals surface area (Å²) in [6.45, 7) is 3.42. The Balaban J connectivity index is 3.50. The van der Waals surface area contributed by atoms with Crippen LogP contribution in [0, 0.1) is 0 Å². The lowest BCUT2D eigenvalue weighted by atomic mass is 10.2. The summed E-state index contributed by atoms with van der Waals surface area (Å²) in [6, 6.07) is 4.17. The van der Waals surface area contributed by atoms with E-state index in [-0.39, 0.29) is 9.92 Å². The van der Waals surface area contributed by atoms with E-state index in [4.69, 9.17) is 16.2 Å². The predicted molar refractivity (Wildman–Crippen MR) is 51.4 cm³/mol. The first-order valence-corrected chi connectivity index (χ1v) is 5.16. The molecule has 1 N–H and O–H groups in total. The molecule has 0 aliphatic heterocycles. The molecule has 0 aliphatic rings.